The zero-order valence-corrected chi connectivity index (χ0v) is 18.0. The summed E-state index contributed by atoms with van der Waals surface area (Å²) in [6, 6.07) is 6.75. The molecule has 0 bridgehead atoms. The van der Waals surface area contributed by atoms with Crippen LogP contribution in [-0.4, -0.2) is 60.2 Å². The Bertz CT molecular complexity index is 881. The predicted octanol–water partition coefficient (Wildman–Crippen LogP) is 3.55. The zero-order chi connectivity index (χ0) is 20.8. The number of halogens is 2. The molecule has 6 nitrogen and oxygen atoms in total. The molecular weight excluding hydrogens is 433 g/mol. The molecule has 2 heterocycles. The molecule has 0 aliphatic carbocycles. The number of piperazine rings is 1. The summed E-state index contributed by atoms with van der Waals surface area (Å²) < 4.78 is 0. The molecule has 3 amide bonds. The van der Waals surface area contributed by atoms with Crippen LogP contribution in [-0.2, 0) is 4.79 Å². The van der Waals surface area contributed by atoms with Gasteiger partial charge in [0.15, 0.2) is 0 Å². The van der Waals surface area contributed by atoms with Gasteiger partial charge in [0.1, 0.15) is 0 Å². The number of rotatable bonds is 6. The number of hydrogen-bond donors (Lipinski definition) is 1. The molecule has 9 heteroatoms. The molecule has 0 spiro atoms. The second-order valence-electron chi connectivity index (χ2n) is 6.65. The summed E-state index contributed by atoms with van der Waals surface area (Å²) in [7, 11) is 0. The van der Waals surface area contributed by atoms with E-state index in [1.54, 1.807) is 39.4 Å². The normalized spacial score (nSPS) is 14.0. The van der Waals surface area contributed by atoms with Crippen LogP contribution in [0.25, 0.3) is 0 Å². The topological polar surface area (TPSA) is 69.7 Å². The highest BCUT2D eigenvalue weighted by Crippen LogP contribution is 2.26. The van der Waals surface area contributed by atoms with Crippen LogP contribution in [0.5, 0.6) is 0 Å². The maximum absolute atomic E-state index is 12.7. The van der Waals surface area contributed by atoms with Crippen LogP contribution < -0.4 is 5.32 Å². The van der Waals surface area contributed by atoms with E-state index in [4.69, 9.17) is 23.2 Å². The largest absolute Gasteiger partial charge is 0.352 e. The lowest BCUT2D eigenvalue weighted by molar-refractivity contribution is -0.132. The minimum Gasteiger partial charge on any atom is -0.352 e. The summed E-state index contributed by atoms with van der Waals surface area (Å²) in [6.45, 7) is 2.30. The third kappa shape index (κ3) is 5.50. The van der Waals surface area contributed by atoms with Crippen molar-refractivity contribution in [2.24, 2.45) is 0 Å². The van der Waals surface area contributed by atoms with E-state index in [2.05, 4.69) is 5.32 Å². The van der Waals surface area contributed by atoms with Crippen molar-refractivity contribution in [2.75, 3.05) is 32.7 Å². The zero-order valence-electron chi connectivity index (χ0n) is 15.7. The van der Waals surface area contributed by atoms with Crippen LogP contribution in [0, 0.1) is 0 Å². The van der Waals surface area contributed by atoms with Gasteiger partial charge in [-0.15, -0.1) is 0 Å². The Labute approximate surface area is 183 Å². The van der Waals surface area contributed by atoms with E-state index < -0.39 is 0 Å². The maximum Gasteiger partial charge on any atom is 0.255 e. The Balaban J connectivity index is 1.40. The fraction of sp³-hybridized carbons (Fsp3) is 0.350. The smallest absolute Gasteiger partial charge is 0.255 e. The highest BCUT2D eigenvalue weighted by Gasteiger charge is 2.26. The molecular formula is C20H21Cl2N3O3S. The molecule has 0 radical (unpaired) electrons. The molecule has 1 aliphatic heterocycles. The molecule has 0 atom stereocenters. The van der Waals surface area contributed by atoms with E-state index in [9.17, 15) is 14.4 Å². The highest BCUT2D eigenvalue weighted by molar-refractivity contribution is 7.08. The number of benzene rings is 1. The van der Waals surface area contributed by atoms with E-state index in [1.807, 2.05) is 5.38 Å². The third-order valence-electron chi connectivity index (χ3n) is 4.74. The predicted molar refractivity (Wildman–Crippen MR) is 115 cm³/mol. The van der Waals surface area contributed by atoms with Crippen molar-refractivity contribution in [2.45, 2.75) is 12.8 Å². The first kappa shape index (κ1) is 21.6. The van der Waals surface area contributed by atoms with Crippen LogP contribution in [0.1, 0.15) is 33.6 Å². The second-order valence-corrected chi connectivity index (χ2v) is 8.21. The summed E-state index contributed by atoms with van der Waals surface area (Å²) >= 11 is 13.6. The lowest BCUT2D eigenvalue weighted by Crippen LogP contribution is -2.50. The molecule has 3 rings (SSSR count). The lowest BCUT2D eigenvalue weighted by atomic mass is 10.1. The molecule has 154 valence electrons. The van der Waals surface area contributed by atoms with Gasteiger partial charge in [0.05, 0.1) is 15.6 Å². The Morgan fingerprint density at radius 2 is 1.76 bits per heavy atom. The van der Waals surface area contributed by atoms with E-state index in [1.165, 1.54) is 11.3 Å². The average molecular weight is 454 g/mol. The first-order valence-electron chi connectivity index (χ1n) is 9.29. The van der Waals surface area contributed by atoms with Crippen LogP contribution >= 0.6 is 34.5 Å². The summed E-state index contributed by atoms with van der Waals surface area (Å²) in [5.41, 5.74) is 1.02. The molecule has 0 unspecified atom stereocenters. The summed E-state index contributed by atoms with van der Waals surface area (Å²) in [6.07, 6.45) is 0.934. The fourth-order valence-electron chi connectivity index (χ4n) is 3.09. The molecule has 1 N–H and O–H groups in total. The summed E-state index contributed by atoms with van der Waals surface area (Å²) in [4.78, 5) is 40.3. The maximum atomic E-state index is 12.7. The van der Waals surface area contributed by atoms with E-state index in [0.29, 0.717) is 61.7 Å². The number of nitrogens with one attached hydrogen (secondary N) is 1. The van der Waals surface area contributed by atoms with Crippen molar-refractivity contribution >= 4 is 52.3 Å². The van der Waals surface area contributed by atoms with Gasteiger partial charge in [-0.25, -0.2) is 0 Å². The first-order chi connectivity index (χ1) is 14.0. The number of hydrogen-bond acceptors (Lipinski definition) is 4. The van der Waals surface area contributed by atoms with Gasteiger partial charge in [0.25, 0.3) is 11.8 Å². The molecule has 2 aromatic rings. The standard InChI is InChI=1S/C20H21Cl2N3O3S/c21-16-4-1-3-15(18(16)22)20(28)25-10-8-24(9-11-25)17(26)5-2-7-23-19(27)14-6-12-29-13-14/h1,3-4,6,12-13H,2,5,7-11H2,(H,23,27). The number of carbonyl (C=O) groups excluding carboxylic acids is 3. The van der Waals surface area contributed by atoms with Gasteiger partial charge < -0.3 is 15.1 Å². The minimum absolute atomic E-state index is 0.0302. The molecule has 29 heavy (non-hydrogen) atoms. The van der Waals surface area contributed by atoms with Crippen molar-refractivity contribution in [1.82, 2.24) is 15.1 Å². The second kappa shape index (κ2) is 10.1. The van der Waals surface area contributed by atoms with Crippen molar-refractivity contribution in [3.8, 4) is 0 Å². The molecule has 1 aromatic carbocycles. The Hall–Kier alpha value is -2.09. The van der Waals surface area contributed by atoms with Gasteiger partial charge in [-0.05, 0) is 30.0 Å². The Kier molecular flexibility index (Phi) is 7.52. The van der Waals surface area contributed by atoms with Gasteiger partial charge in [-0.3, -0.25) is 14.4 Å². The Morgan fingerprint density at radius 3 is 2.45 bits per heavy atom. The van der Waals surface area contributed by atoms with Gasteiger partial charge in [-0.2, -0.15) is 11.3 Å². The minimum atomic E-state index is -0.180. The highest BCUT2D eigenvalue weighted by atomic mass is 35.5. The summed E-state index contributed by atoms with van der Waals surface area (Å²) in [5, 5.41) is 7.05. The molecule has 0 saturated carbocycles. The third-order valence-corrected chi connectivity index (χ3v) is 6.24. The molecule has 1 aliphatic rings. The molecule has 1 fully saturated rings. The van der Waals surface area contributed by atoms with Gasteiger partial charge >= 0.3 is 0 Å². The van der Waals surface area contributed by atoms with Crippen molar-refractivity contribution in [3.63, 3.8) is 0 Å². The van der Waals surface area contributed by atoms with E-state index in [0.717, 1.165) is 0 Å². The van der Waals surface area contributed by atoms with Gasteiger partial charge in [-0.1, -0.05) is 29.3 Å². The van der Waals surface area contributed by atoms with Crippen LogP contribution in [0.3, 0.4) is 0 Å². The molecule has 1 aromatic heterocycles. The SMILES string of the molecule is O=C(NCCCC(=O)N1CCN(C(=O)c2cccc(Cl)c2Cl)CC1)c1ccsc1. The van der Waals surface area contributed by atoms with Crippen molar-refractivity contribution < 1.29 is 14.4 Å². The fourth-order valence-corrected chi connectivity index (χ4v) is 4.11. The average Bonchev–Trinajstić information content (AvgIpc) is 3.27. The van der Waals surface area contributed by atoms with Crippen molar-refractivity contribution in [1.29, 1.82) is 0 Å². The van der Waals surface area contributed by atoms with Crippen LogP contribution in [0.2, 0.25) is 10.0 Å². The van der Waals surface area contributed by atoms with Crippen LogP contribution in [0.4, 0.5) is 0 Å². The summed E-state index contributed by atoms with van der Waals surface area (Å²) in [5.74, 6) is -0.270. The lowest BCUT2D eigenvalue weighted by Gasteiger charge is -2.35. The number of amides is 3. The van der Waals surface area contributed by atoms with E-state index in [-0.39, 0.29) is 22.7 Å². The van der Waals surface area contributed by atoms with Crippen molar-refractivity contribution in [3.05, 3.63) is 56.2 Å². The molecule has 1 saturated heterocycles. The number of carbonyl (C=O) groups is 3. The number of thiophene rings is 1. The monoisotopic (exact) mass is 453 g/mol. The Morgan fingerprint density at radius 1 is 1.03 bits per heavy atom. The van der Waals surface area contributed by atoms with Gasteiger partial charge in [0.2, 0.25) is 5.91 Å². The van der Waals surface area contributed by atoms with E-state index >= 15 is 0 Å². The van der Waals surface area contributed by atoms with Gasteiger partial charge in [0, 0.05) is 50.1 Å². The number of nitrogens with zero attached hydrogens (tertiary/aromatic N) is 2. The van der Waals surface area contributed by atoms with Crippen LogP contribution in [0.15, 0.2) is 35.0 Å². The first-order valence-corrected chi connectivity index (χ1v) is 11.0. The quantitative estimate of drug-likeness (QED) is 0.679.